The molecule has 0 bridgehead atoms. The van der Waals surface area contributed by atoms with Gasteiger partial charge < -0.3 is 15.2 Å². The van der Waals surface area contributed by atoms with Gasteiger partial charge in [-0.25, -0.2) is 9.78 Å². The molecule has 1 aromatic heterocycles. The lowest BCUT2D eigenvalue weighted by atomic mass is 10.1. The van der Waals surface area contributed by atoms with Gasteiger partial charge in [0, 0.05) is 34.9 Å². The number of aromatic nitrogens is 2. The van der Waals surface area contributed by atoms with Crippen LogP contribution in [0.15, 0.2) is 53.3 Å². The van der Waals surface area contributed by atoms with E-state index in [1.54, 1.807) is 49.4 Å². The van der Waals surface area contributed by atoms with Crippen LogP contribution in [0.4, 0.5) is 5.69 Å². The molecule has 0 saturated carbocycles. The molecular weight excluding hydrogens is 434 g/mol. The third-order valence-corrected chi connectivity index (χ3v) is 5.09. The number of anilines is 1. The summed E-state index contributed by atoms with van der Waals surface area (Å²) in [5, 5.41) is 12.5. The zero-order valence-corrected chi connectivity index (χ0v) is 18.3. The van der Waals surface area contributed by atoms with Crippen LogP contribution >= 0.6 is 11.6 Å². The number of nitrogens with zero attached hydrogens (tertiary/aromatic N) is 2. The molecule has 1 heterocycles. The molecule has 32 heavy (non-hydrogen) atoms. The highest BCUT2D eigenvalue weighted by Crippen LogP contribution is 2.21. The summed E-state index contributed by atoms with van der Waals surface area (Å²) in [4.78, 5) is 42.6. The van der Waals surface area contributed by atoms with E-state index in [9.17, 15) is 19.5 Å². The van der Waals surface area contributed by atoms with Gasteiger partial charge in [-0.2, -0.15) is 0 Å². The summed E-state index contributed by atoms with van der Waals surface area (Å²) < 4.78 is 6.00. The highest BCUT2D eigenvalue weighted by molar-refractivity contribution is 6.30. The zero-order valence-electron chi connectivity index (χ0n) is 17.6. The number of hydrogen-bond donors (Lipinski definition) is 2. The van der Waals surface area contributed by atoms with E-state index in [1.807, 2.05) is 0 Å². The number of benzene rings is 2. The molecular formula is C23H22ClN3O5. The second-order valence-corrected chi connectivity index (χ2v) is 7.39. The normalized spacial score (nSPS) is 10.6. The Bertz CT molecular complexity index is 1210. The van der Waals surface area contributed by atoms with Crippen LogP contribution in [0.3, 0.4) is 0 Å². The predicted octanol–water partition coefficient (Wildman–Crippen LogP) is 2.83. The molecule has 0 radical (unpaired) electrons. The van der Waals surface area contributed by atoms with E-state index >= 15 is 0 Å². The van der Waals surface area contributed by atoms with E-state index in [2.05, 4.69) is 10.3 Å². The average molecular weight is 456 g/mol. The first-order chi connectivity index (χ1) is 15.3. The van der Waals surface area contributed by atoms with Gasteiger partial charge in [-0.3, -0.25) is 14.2 Å². The average Bonchev–Trinajstić information content (AvgIpc) is 2.79. The van der Waals surface area contributed by atoms with Gasteiger partial charge in [0.25, 0.3) is 5.56 Å². The van der Waals surface area contributed by atoms with Crippen molar-refractivity contribution in [1.82, 2.24) is 9.55 Å². The third kappa shape index (κ3) is 5.04. The number of esters is 1. The molecule has 0 fully saturated rings. The highest BCUT2D eigenvalue weighted by Gasteiger charge is 2.19. The fraction of sp³-hybridized carbons (Fsp3) is 0.217. The molecule has 0 aliphatic heterocycles. The Balaban J connectivity index is 2.02. The van der Waals surface area contributed by atoms with Crippen molar-refractivity contribution < 1.29 is 19.4 Å². The topological polar surface area (TPSA) is 111 Å². The number of halogens is 1. The molecule has 0 aliphatic rings. The van der Waals surface area contributed by atoms with Gasteiger partial charge in [0.05, 0.1) is 18.4 Å². The van der Waals surface area contributed by atoms with E-state index in [0.717, 1.165) is 0 Å². The van der Waals surface area contributed by atoms with Crippen LogP contribution in [0.2, 0.25) is 5.02 Å². The van der Waals surface area contributed by atoms with Crippen LogP contribution < -0.4 is 10.9 Å². The number of aryl methyl sites for hydroxylation is 1. The lowest BCUT2D eigenvalue weighted by Crippen LogP contribution is -2.33. The minimum atomic E-state index is -0.595. The van der Waals surface area contributed by atoms with Crippen molar-refractivity contribution in [2.75, 3.05) is 19.0 Å². The van der Waals surface area contributed by atoms with Crippen LogP contribution in [-0.4, -0.2) is 40.3 Å². The van der Waals surface area contributed by atoms with Crippen molar-refractivity contribution in [2.24, 2.45) is 0 Å². The van der Waals surface area contributed by atoms with Crippen LogP contribution in [0.5, 0.6) is 0 Å². The van der Waals surface area contributed by atoms with E-state index in [0.29, 0.717) is 27.7 Å². The summed E-state index contributed by atoms with van der Waals surface area (Å²) in [5.41, 5.74) is 1.44. The minimum absolute atomic E-state index is 0.116. The van der Waals surface area contributed by atoms with Crippen LogP contribution in [-0.2, 0) is 22.5 Å². The van der Waals surface area contributed by atoms with E-state index in [-0.39, 0.29) is 30.8 Å². The Morgan fingerprint density at radius 3 is 2.50 bits per heavy atom. The number of amides is 1. The molecule has 2 aromatic carbocycles. The second-order valence-electron chi connectivity index (χ2n) is 6.96. The van der Waals surface area contributed by atoms with Gasteiger partial charge in [0.1, 0.15) is 12.4 Å². The van der Waals surface area contributed by atoms with Crippen molar-refractivity contribution >= 4 is 29.2 Å². The van der Waals surface area contributed by atoms with Crippen LogP contribution in [0.25, 0.3) is 11.4 Å². The van der Waals surface area contributed by atoms with Crippen molar-refractivity contribution in [3.05, 3.63) is 80.7 Å². The number of methoxy groups -OCH3 is 1. The number of aliphatic hydroxyl groups excluding tert-OH is 1. The fourth-order valence-corrected chi connectivity index (χ4v) is 3.41. The minimum Gasteiger partial charge on any atom is -0.465 e. The lowest BCUT2D eigenvalue weighted by molar-refractivity contribution is -0.116. The first kappa shape index (κ1) is 23.2. The molecule has 0 unspecified atom stereocenters. The highest BCUT2D eigenvalue weighted by atomic mass is 35.5. The number of aliphatic hydroxyl groups is 1. The fourth-order valence-electron chi connectivity index (χ4n) is 3.28. The Morgan fingerprint density at radius 1 is 1.16 bits per heavy atom. The molecule has 0 saturated heterocycles. The molecule has 0 spiro atoms. The molecule has 9 heteroatoms. The molecule has 0 aliphatic carbocycles. The summed E-state index contributed by atoms with van der Waals surface area (Å²) in [6.07, 6.45) is 0.116. The van der Waals surface area contributed by atoms with Gasteiger partial charge in [0.15, 0.2) is 0 Å². The van der Waals surface area contributed by atoms with Gasteiger partial charge >= 0.3 is 5.97 Å². The van der Waals surface area contributed by atoms with Crippen molar-refractivity contribution in [3.8, 4) is 11.4 Å². The monoisotopic (exact) mass is 455 g/mol. The zero-order chi connectivity index (χ0) is 23.3. The van der Waals surface area contributed by atoms with Gasteiger partial charge in [-0.15, -0.1) is 0 Å². The number of rotatable bonds is 7. The van der Waals surface area contributed by atoms with E-state index < -0.39 is 17.4 Å². The summed E-state index contributed by atoms with van der Waals surface area (Å²) in [6, 6.07) is 13.1. The van der Waals surface area contributed by atoms with Gasteiger partial charge in [-0.1, -0.05) is 23.7 Å². The lowest BCUT2D eigenvalue weighted by Gasteiger charge is -2.16. The molecule has 0 atom stereocenters. The van der Waals surface area contributed by atoms with Gasteiger partial charge in [-0.05, 0) is 43.3 Å². The van der Waals surface area contributed by atoms with Crippen molar-refractivity contribution in [3.63, 3.8) is 0 Å². The molecule has 166 valence electrons. The number of nitrogens with one attached hydrogen (secondary N) is 1. The molecule has 8 nitrogen and oxygen atoms in total. The van der Waals surface area contributed by atoms with Crippen molar-refractivity contribution in [2.45, 2.75) is 19.9 Å². The number of hydrogen-bond acceptors (Lipinski definition) is 6. The number of carbonyl (C=O) groups is 2. The first-order valence-corrected chi connectivity index (χ1v) is 10.2. The van der Waals surface area contributed by atoms with Crippen LogP contribution in [0.1, 0.15) is 21.6 Å². The molecule has 1 amide bonds. The quantitative estimate of drug-likeness (QED) is 0.530. The third-order valence-electron chi connectivity index (χ3n) is 4.84. The van der Waals surface area contributed by atoms with E-state index in [4.69, 9.17) is 16.3 Å². The van der Waals surface area contributed by atoms with Gasteiger partial charge in [0.2, 0.25) is 5.91 Å². The smallest absolute Gasteiger partial charge is 0.339 e. The summed E-state index contributed by atoms with van der Waals surface area (Å²) in [5.74, 6) is -0.830. The first-order valence-electron chi connectivity index (χ1n) is 9.80. The summed E-state index contributed by atoms with van der Waals surface area (Å²) >= 11 is 5.98. The summed E-state index contributed by atoms with van der Waals surface area (Å²) in [6.45, 7) is 1.11. The van der Waals surface area contributed by atoms with Crippen LogP contribution in [0, 0.1) is 6.92 Å². The Morgan fingerprint density at radius 2 is 1.84 bits per heavy atom. The van der Waals surface area contributed by atoms with E-state index in [1.165, 1.54) is 17.7 Å². The molecule has 3 rings (SSSR count). The second kappa shape index (κ2) is 10.2. The summed E-state index contributed by atoms with van der Waals surface area (Å²) in [7, 11) is 1.25. The van der Waals surface area contributed by atoms with Crippen molar-refractivity contribution in [1.29, 1.82) is 0 Å². The maximum atomic E-state index is 13.2. The SMILES string of the molecule is COC(=O)c1ccccc1NC(=O)Cn1c(-c2ccc(Cl)cc2)nc(C)c(CCO)c1=O. The standard InChI is InChI=1S/C23H22ClN3O5/c1-14-17(11-12-28)22(30)27(21(25-14)15-7-9-16(24)10-8-15)13-20(29)26-19-6-4-3-5-18(19)23(31)32-2/h3-10,28H,11-13H2,1-2H3,(H,26,29). The number of ether oxygens (including phenoxy) is 1. The Kier molecular flexibility index (Phi) is 7.40. The number of carbonyl (C=O) groups excluding carboxylic acids is 2. The number of para-hydroxylation sites is 1. The Hall–Kier alpha value is -3.49. The predicted molar refractivity (Wildman–Crippen MR) is 121 cm³/mol. The maximum absolute atomic E-state index is 13.2. The molecule has 2 N–H and O–H groups in total. The Labute approximate surface area is 189 Å². The molecule has 3 aromatic rings. The largest absolute Gasteiger partial charge is 0.465 e. The maximum Gasteiger partial charge on any atom is 0.339 e.